The van der Waals surface area contributed by atoms with Crippen molar-refractivity contribution in [3.63, 3.8) is 0 Å². The molecule has 1 aromatic carbocycles. The van der Waals surface area contributed by atoms with Gasteiger partial charge in [0.25, 0.3) is 0 Å². The molecule has 0 radical (unpaired) electrons. The van der Waals surface area contributed by atoms with Gasteiger partial charge in [0.1, 0.15) is 4.90 Å². The molecule has 4 rings (SSSR count). The van der Waals surface area contributed by atoms with Crippen molar-refractivity contribution in [2.24, 2.45) is 0 Å². The van der Waals surface area contributed by atoms with Gasteiger partial charge in [0.05, 0.1) is 17.1 Å². The van der Waals surface area contributed by atoms with Crippen molar-refractivity contribution in [3.8, 4) is 5.69 Å². The maximum absolute atomic E-state index is 13.4. The number of hydrogen-bond acceptors (Lipinski definition) is 4. The van der Waals surface area contributed by atoms with E-state index < -0.39 is 10.0 Å². The summed E-state index contributed by atoms with van der Waals surface area (Å²) in [5, 5.41) is 5.16. The third kappa shape index (κ3) is 4.10. The van der Waals surface area contributed by atoms with E-state index in [0.717, 1.165) is 31.6 Å². The highest BCUT2D eigenvalue weighted by Gasteiger charge is 2.35. The molecular formula is C21H29ClN4O2S. The molecule has 29 heavy (non-hydrogen) atoms. The van der Waals surface area contributed by atoms with Crippen LogP contribution in [0.25, 0.3) is 5.69 Å². The van der Waals surface area contributed by atoms with E-state index in [4.69, 9.17) is 11.6 Å². The smallest absolute Gasteiger partial charge is 0.246 e. The summed E-state index contributed by atoms with van der Waals surface area (Å²) in [6.07, 6.45) is 5.66. The molecule has 2 saturated heterocycles. The molecule has 158 valence electrons. The molecule has 0 atom stereocenters. The molecule has 8 heteroatoms. The fourth-order valence-electron chi connectivity index (χ4n) is 4.70. The van der Waals surface area contributed by atoms with Gasteiger partial charge in [0.2, 0.25) is 10.0 Å². The Morgan fingerprint density at radius 1 is 0.966 bits per heavy atom. The number of rotatable bonds is 4. The lowest BCUT2D eigenvalue weighted by Gasteiger charge is -2.39. The van der Waals surface area contributed by atoms with Crippen molar-refractivity contribution < 1.29 is 8.42 Å². The van der Waals surface area contributed by atoms with Crippen LogP contribution < -0.4 is 0 Å². The van der Waals surface area contributed by atoms with Crippen molar-refractivity contribution in [1.82, 2.24) is 19.0 Å². The lowest BCUT2D eigenvalue weighted by Crippen LogP contribution is -2.48. The lowest BCUT2D eigenvalue weighted by atomic mass is 10.0. The SMILES string of the molecule is Cc1nn(-c2ccc(Cl)cc2)c(C)c1S(=O)(=O)N1CCC(N2CCCCC2)CC1. The molecule has 6 nitrogen and oxygen atoms in total. The second-order valence-corrected chi connectivity index (χ2v) is 10.4. The van der Waals surface area contributed by atoms with E-state index in [2.05, 4.69) is 10.00 Å². The van der Waals surface area contributed by atoms with Crippen LogP contribution in [0, 0.1) is 13.8 Å². The van der Waals surface area contributed by atoms with Crippen LogP contribution in [0.2, 0.25) is 5.02 Å². The zero-order valence-corrected chi connectivity index (χ0v) is 18.7. The number of piperidine rings is 2. The van der Waals surface area contributed by atoms with Gasteiger partial charge in [0, 0.05) is 24.2 Å². The first kappa shape index (κ1) is 20.8. The number of benzene rings is 1. The molecule has 1 aromatic heterocycles. The Kier molecular flexibility index (Phi) is 6.02. The summed E-state index contributed by atoms with van der Waals surface area (Å²) in [6, 6.07) is 7.78. The molecule has 2 aliphatic rings. The average Bonchev–Trinajstić information content (AvgIpc) is 3.04. The Bertz CT molecular complexity index is 957. The van der Waals surface area contributed by atoms with Gasteiger partial charge in [-0.3, -0.25) is 0 Å². The van der Waals surface area contributed by atoms with Crippen LogP contribution in [-0.4, -0.2) is 59.6 Å². The molecule has 0 bridgehead atoms. The van der Waals surface area contributed by atoms with E-state index in [1.54, 1.807) is 28.0 Å². The molecule has 0 unspecified atom stereocenters. The van der Waals surface area contributed by atoms with E-state index in [0.29, 0.717) is 40.4 Å². The first-order chi connectivity index (χ1) is 13.9. The van der Waals surface area contributed by atoms with Crippen molar-refractivity contribution in [1.29, 1.82) is 0 Å². The molecule has 0 saturated carbocycles. The van der Waals surface area contributed by atoms with Crippen LogP contribution >= 0.6 is 11.6 Å². The van der Waals surface area contributed by atoms with Gasteiger partial charge in [0.15, 0.2) is 0 Å². The monoisotopic (exact) mass is 436 g/mol. The number of hydrogen-bond donors (Lipinski definition) is 0. The second kappa shape index (κ2) is 8.38. The predicted octanol–water partition coefficient (Wildman–Crippen LogP) is 3.78. The third-order valence-corrected chi connectivity index (χ3v) is 8.63. The number of likely N-dealkylation sites (tertiary alicyclic amines) is 1. The van der Waals surface area contributed by atoms with Crippen LogP contribution in [0.4, 0.5) is 0 Å². The maximum Gasteiger partial charge on any atom is 0.246 e. The summed E-state index contributed by atoms with van der Waals surface area (Å²) >= 11 is 5.98. The fourth-order valence-corrected chi connectivity index (χ4v) is 6.65. The minimum atomic E-state index is -3.57. The summed E-state index contributed by atoms with van der Waals surface area (Å²) in [6.45, 7) is 7.06. The lowest BCUT2D eigenvalue weighted by molar-refractivity contribution is 0.118. The zero-order chi connectivity index (χ0) is 20.6. The summed E-state index contributed by atoms with van der Waals surface area (Å²) < 4.78 is 30.2. The van der Waals surface area contributed by atoms with Crippen LogP contribution in [0.5, 0.6) is 0 Å². The highest BCUT2D eigenvalue weighted by Crippen LogP contribution is 2.29. The molecule has 2 fully saturated rings. The zero-order valence-electron chi connectivity index (χ0n) is 17.1. The van der Waals surface area contributed by atoms with Gasteiger partial charge in [-0.05, 0) is 76.9 Å². The Balaban J connectivity index is 1.54. The van der Waals surface area contributed by atoms with E-state index in [-0.39, 0.29) is 0 Å². The molecule has 0 spiro atoms. The molecule has 3 heterocycles. The van der Waals surface area contributed by atoms with Crippen molar-refractivity contribution >= 4 is 21.6 Å². The summed E-state index contributed by atoms with van der Waals surface area (Å²) in [7, 11) is -3.57. The topological polar surface area (TPSA) is 58.4 Å². The second-order valence-electron chi connectivity index (χ2n) is 8.12. The van der Waals surface area contributed by atoms with Gasteiger partial charge < -0.3 is 4.90 Å². The van der Waals surface area contributed by atoms with Crippen molar-refractivity contribution in [3.05, 3.63) is 40.7 Å². The summed E-state index contributed by atoms with van der Waals surface area (Å²) in [5.74, 6) is 0. The average molecular weight is 437 g/mol. The number of aromatic nitrogens is 2. The minimum absolute atomic E-state index is 0.337. The van der Waals surface area contributed by atoms with Crippen molar-refractivity contribution in [2.75, 3.05) is 26.2 Å². The molecule has 2 aliphatic heterocycles. The molecular weight excluding hydrogens is 408 g/mol. The fraction of sp³-hybridized carbons (Fsp3) is 0.571. The van der Waals surface area contributed by atoms with E-state index in [1.165, 1.54) is 19.3 Å². The molecule has 2 aromatic rings. The van der Waals surface area contributed by atoms with Crippen LogP contribution in [-0.2, 0) is 10.0 Å². The Hall–Kier alpha value is -1.41. The van der Waals surface area contributed by atoms with E-state index in [1.807, 2.05) is 19.1 Å². The highest BCUT2D eigenvalue weighted by molar-refractivity contribution is 7.89. The molecule has 0 N–H and O–H groups in total. The Morgan fingerprint density at radius 2 is 1.59 bits per heavy atom. The van der Waals surface area contributed by atoms with Crippen LogP contribution in [0.3, 0.4) is 0 Å². The quantitative estimate of drug-likeness (QED) is 0.731. The van der Waals surface area contributed by atoms with Gasteiger partial charge >= 0.3 is 0 Å². The third-order valence-electron chi connectivity index (χ3n) is 6.22. The van der Waals surface area contributed by atoms with E-state index >= 15 is 0 Å². The number of sulfonamides is 1. The summed E-state index contributed by atoms with van der Waals surface area (Å²) in [5.41, 5.74) is 1.99. The van der Waals surface area contributed by atoms with Gasteiger partial charge in [-0.15, -0.1) is 0 Å². The normalized spacial score (nSPS) is 20.2. The first-order valence-electron chi connectivity index (χ1n) is 10.4. The standard InChI is InChI=1S/C21H29ClN4O2S/c1-16-21(17(2)26(23-16)20-8-6-18(22)7-9-20)29(27,28)25-14-10-19(11-15-25)24-12-4-3-5-13-24/h6-9,19H,3-5,10-15H2,1-2H3. The van der Waals surface area contributed by atoms with Crippen LogP contribution in [0.1, 0.15) is 43.5 Å². The molecule has 0 aliphatic carbocycles. The van der Waals surface area contributed by atoms with Gasteiger partial charge in [-0.2, -0.15) is 9.40 Å². The number of aryl methyl sites for hydroxylation is 1. The Morgan fingerprint density at radius 3 is 2.21 bits per heavy atom. The first-order valence-corrected chi connectivity index (χ1v) is 12.3. The van der Waals surface area contributed by atoms with E-state index in [9.17, 15) is 8.42 Å². The van der Waals surface area contributed by atoms with Crippen molar-refractivity contribution in [2.45, 2.75) is 56.9 Å². The number of nitrogens with zero attached hydrogens (tertiary/aromatic N) is 4. The minimum Gasteiger partial charge on any atom is -0.300 e. The summed E-state index contributed by atoms with van der Waals surface area (Å²) in [4.78, 5) is 2.89. The molecule has 0 amide bonds. The maximum atomic E-state index is 13.4. The van der Waals surface area contributed by atoms with Crippen LogP contribution in [0.15, 0.2) is 29.2 Å². The highest BCUT2D eigenvalue weighted by atomic mass is 35.5. The van der Waals surface area contributed by atoms with Gasteiger partial charge in [-0.25, -0.2) is 13.1 Å². The Labute approximate surface area is 178 Å². The largest absolute Gasteiger partial charge is 0.300 e. The van der Waals surface area contributed by atoms with Gasteiger partial charge in [-0.1, -0.05) is 18.0 Å². The predicted molar refractivity (Wildman–Crippen MR) is 115 cm³/mol. The number of halogens is 1.